The summed E-state index contributed by atoms with van der Waals surface area (Å²) >= 11 is 0. The van der Waals surface area contributed by atoms with Gasteiger partial charge in [-0.2, -0.15) is 18.4 Å². The summed E-state index contributed by atoms with van der Waals surface area (Å²) in [6, 6.07) is 4.90. The van der Waals surface area contributed by atoms with Gasteiger partial charge in [0.25, 0.3) is 0 Å². The van der Waals surface area contributed by atoms with Crippen LogP contribution in [0, 0.1) is 18.3 Å². The molecule has 0 saturated heterocycles. The summed E-state index contributed by atoms with van der Waals surface area (Å²) in [6.45, 7) is 5.38. The number of rotatable bonds is 3. The third-order valence-corrected chi connectivity index (χ3v) is 2.78. The smallest absolute Gasteiger partial charge is 0.393 e. The standard InChI is InChI=1S/C13H13F3NO/c1-3-12(18)8(2)9-4-5-10(7-17)11(6-9)13(14,15)16/h4-6,8,12,18H,2-3H2,1H3. The van der Waals surface area contributed by atoms with Crippen LogP contribution in [-0.4, -0.2) is 11.2 Å². The highest BCUT2D eigenvalue weighted by Gasteiger charge is 2.34. The number of aliphatic hydroxyl groups is 1. The van der Waals surface area contributed by atoms with Crippen LogP contribution in [-0.2, 0) is 6.18 Å². The lowest BCUT2D eigenvalue weighted by Gasteiger charge is -2.19. The van der Waals surface area contributed by atoms with Crippen LogP contribution < -0.4 is 0 Å². The van der Waals surface area contributed by atoms with E-state index in [9.17, 15) is 18.3 Å². The second-order valence-electron chi connectivity index (χ2n) is 4.00. The van der Waals surface area contributed by atoms with E-state index in [-0.39, 0.29) is 5.56 Å². The van der Waals surface area contributed by atoms with Crippen molar-refractivity contribution in [1.82, 2.24) is 0 Å². The van der Waals surface area contributed by atoms with E-state index in [4.69, 9.17) is 5.26 Å². The number of aliphatic hydroxyl groups excluding tert-OH is 1. The molecular formula is C13H13F3NO. The van der Waals surface area contributed by atoms with Crippen LogP contribution in [0.5, 0.6) is 0 Å². The van der Waals surface area contributed by atoms with Crippen molar-refractivity contribution in [3.05, 3.63) is 41.8 Å². The molecule has 0 fully saturated rings. The fourth-order valence-corrected chi connectivity index (χ4v) is 1.63. The summed E-state index contributed by atoms with van der Waals surface area (Å²) in [5, 5.41) is 18.2. The lowest BCUT2D eigenvalue weighted by molar-refractivity contribution is -0.137. The highest BCUT2D eigenvalue weighted by molar-refractivity contribution is 5.43. The normalized spacial score (nSPS) is 14.9. The Morgan fingerprint density at radius 3 is 2.50 bits per heavy atom. The predicted molar refractivity (Wildman–Crippen MR) is 60.6 cm³/mol. The van der Waals surface area contributed by atoms with Crippen LogP contribution in [0.3, 0.4) is 0 Å². The molecule has 2 nitrogen and oxygen atoms in total. The van der Waals surface area contributed by atoms with Gasteiger partial charge in [0, 0.05) is 5.92 Å². The van der Waals surface area contributed by atoms with Gasteiger partial charge < -0.3 is 5.11 Å². The van der Waals surface area contributed by atoms with E-state index in [1.165, 1.54) is 12.1 Å². The van der Waals surface area contributed by atoms with Crippen LogP contribution in [0.25, 0.3) is 0 Å². The van der Waals surface area contributed by atoms with E-state index in [0.29, 0.717) is 6.42 Å². The number of hydrogen-bond acceptors (Lipinski definition) is 2. The van der Waals surface area contributed by atoms with Crippen molar-refractivity contribution in [2.75, 3.05) is 0 Å². The number of halogens is 3. The van der Waals surface area contributed by atoms with E-state index in [2.05, 4.69) is 6.92 Å². The van der Waals surface area contributed by atoms with Crippen LogP contribution in [0.2, 0.25) is 0 Å². The molecule has 1 aromatic carbocycles. The van der Waals surface area contributed by atoms with Gasteiger partial charge in [-0.15, -0.1) is 0 Å². The molecule has 0 heterocycles. The molecule has 97 valence electrons. The first-order chi connectivity index (χ1) is 8.31. The average molecular weight is 256 g/mol. The summed E-state index contributed by atoms with van der Waals surface area (Å²) in [5.41, 5.74) is -1.14. The quantitative estimate of drug-likeness (QED) is 0.902. The fourth-order valence-electron chi connectivity index (χ4n) is 1.63. The van der Waals surface area contributed by atoms with Crippen molar-refractivity contribution in [1.29, 1.82) is 5.26 Å². The molecule has 5 heteroatoms. The van der Waals surface area contributed by atoms with Crippen molar-refractivity contribution >= 4 is 0 Å². The zero-order valence-electron chi connectivity index (χ0n) is 9.83. The minimum Gasteiger partial charge on any atom is -0.393 e. The first-order valence-corrected chi connectivity index (χ1v) is 5.43. The van der Waals surface area contributed by atoms with Gasteiger partial charge in [-0.3, -0.25) is 0 Å². The molecule has 1 N–H and O–H groups in total. The van der Waals surface area contributed by atoms with Crippen LogP contribution in [0.15, 0.2) is 18.2 Å². The highest BCUT2D eigenvalue weighted by atomic mass is 19.4. The molecule has 0 aliphatic heterocycles. The molecule has 0 aliphatic rings. The first kappa shape index (κ1) is 14.5. The van der Waals surface area contributed by atoms with Gasteiger partial charge in [0.15, 0.2) is 0 Å². The van der Waals surface area contributed by atoms with Crippen molar-refractivity contribution in [2.24, 2.45) is 0 Å². The topological polar surface area (TPSA) is 44.0 Å². The third kappa shape index (κ3) is 3.02. The van der Waals surface area contributed by atoms with E-state index in [1.54, 1.807) is 6.92 Å². The van der Waals surface area contributed by atoms with Crippen LogP contribution in [0.1, 0.15) is 36.0 Å². The minimum atomic E-state index is -4.59. The molecule has 0 amide bonds. The Morgan fingerprint density at radius 2 is 2.06 bits per heavy atom. The molecule has 1 radical (unpaired) electrons. The lowest BCUT2D eigenvalue weighted by Crippen LogP contribution is -2.16. The Labute approximate surface area is 104 Å². The van der Waals surface area contributed by atoms with Crippen LogP contribution in [0.4, 0.5) is 13.2 Å². The number of alkyl halides is 3. The second-order valence-corrected chi connectivity index (χ2v) is 4.00. The van der Waals surface area contributed by atoms with Gasteiger partial charge in [-0.05, 0) is 31.0 Å². The van der Waals surface area contributed by atoms with E-state index in [1.807, 2.05) is 0 Å². The maximum absolute atomic E-state index is 12.7. The summed E-state index contributed by atoms with van der Waals surface area (Å²) in [4.78, 5) is 0. The van der Waals surface area contributed by atoms with Crippen molar-refractivity contribution in [2.45, 2.75) is 31.5 Å². The number of hydrogen-bond donors (Lipinski definition) is 1. The van der Waals surface area contributed by atoms with Gasteiger partial charge in [0.2, 0.25) is 0 Å². The maximum atomic E-state index is 12.7. The fraction of sp³-hybridized carbons (Fsp3) is 0.385. The molecule has 1 rings (SSSR count). The van der Waals surface area contributed by atoms with E-state index in [0.717, 1.165) is 12.1 Å². The first-order valence-electron chi connectivity index (χ1n) is 5.43. The molecule has 0 bridgehead atoms. The number of benzene rings is 1. The monoisotopic (exact) mass is 256 g/mol. The van der Waals surface area contributed by atoms with Crippen molar-refractivity contribution in [3.8, 4) is 6.07 Å². The Morgan fingerprint density at radius 1 is 1.44 bits per heavy atom. The van der Waals surface area contributed by atoms with Crippen molar-refractivity contribution < 1.29 is 18.3 Å². The molecule has 18 heavy (non-hydrogen) atoms. The summed E-state index contributed by atoms with van der Waals surface area (Å²) in [5.74, 6) is -0.649. The van der Waals surface area contributed by atoms with Gasteiger partial charge in [-0.1, -0.05) is 13.0 Å². The minimum absolute atomic E-state index is 0.274. The third-order valence-electron chi connectivity index (χ3n) is 2.78. The zero-order chi connectivity index (χ0) is 13.9. The molecule has 0 spiro atoms. The molecule has 2 unspecified atom stereocenters. The van der Waals surface area contributed by atoms with E-state index >= 15 is 0 Å². The summed E-state index contributed by atoms with van der Waals surface area (Å²) < 4.78 is 38.2. The van der Waals surface area contributed by atoms with Gasteiger partial charge in [0.1, 0.15) is 0 Å². The Hall–Kier alpha value is -1.54. The summed E-state index contributed by atoms with van der Waals surface area (Å²) in [7, 11) is 0. The van der Waals surface area contributed by atoms with Crippen LogP contribution >= 0.6 is 0 Å². The number of nitrogens with zero attached hydrogens (tertiary/aromatic N) is 1. The Balaban J connectivity index is 3.24. The number of nitriles is 1. The molecule has 0 saturated carbocycles. The lowest BCUT2D eigenvalue weighted by atomic mass is 9.91. The Kier molecular flexibility index (Phi) is 4.36. The average Bonchev–Trinajstić information content (AvgIpc) is 2.35. The zero-order valence-corrected chi connectivity index (χ0v) is 9.83. The molecule has 2 atom stereocenters. The van der Waals surface area contributed by atoms with Gasteiger partial charge in [0.05, 0.1) is 23.3 Å². The van der Waals surface area contributed by atoms with Crippen molar-refractivity contribution in [3.63, 3.8) is 0 Å². The molecule has 1 aromatic rings. The largest absolute Gasteiger partial charge is 0.417 e. The van der Waals surface area contributed by atoms with Gasteiger partial charge in [-0.25, -0.2) is 0 Å². The van der Waals surface area contributed by atoms with E-state index < -0.39 is 29.3 Å². The highest BCUT2D eigenvalue weighted by Crippen LogP contribution is 2.34. The predicted octanol–water partition coefficient (Wildman–Crippen LogP) is 3.27. The maximum Gasteiger partial charge on any atom is 0.417 e. The SMILES string of the molecule is [CH2]C(c1ccc(C#N)c(C(F)(F)F)c1)C(O)CC. The Bertz CT molecular complexity index is 462. The summed E-state index contributed by atoms with van der Waals surface area (Å²) in [6.07, 6.45) is -4.99. The van der Waals surface area contributed by atoms with Gasteiger partial charge >= 0.3 is 6.18 Å². The second kappa shape index (κ2) is 5.40. The molecule has 0 aromatic heterocycles. The molecule has 0 aliphatic carbocycles. The molecular weight excluding hydrogens is 243 g/mol.